The van der Waals surface area contributed by atoms with Gasteiger partial charge in [0.1, 0.15) is 17.2 Å². The second-order valence-electron chi connectivity index (χ2n) is 6.82. The molecule has 0 bridgehead atoms. The van der Waals surface area contributed by atoms with Gasteiger partial charge in [-0.05, 0) is 38.3 Å². The summed E-state index contributed by atoms with van der Waals surface area (Å²) >= 11 is 0. The average Bonchev–Trinajstić information content (AvgIpc) is 3.56. The van der Waals surface area contributed by atoms with E-state index in [-0.39, 0.29) is 11.8 Å². The summed E-state index contributed by atoms with van der Waals surface area (Å²) in [6.07, 6.45) is 2.74. The van der Waals surface area contributed by atoms with E-state index in [9.17, 15) is 4.79 Å². The van der Waals surface area contributed by atoms with E-state index in [1.807, 2.05) is 26.0 Å². The van der Waals surface area contributed by atoms with Crippen molar-refractivity contribution in [1.29, 1.82) is 0 Å². The minimum Gasteiger partial charge on any atom is -0.497 e. The Labute approximate surface area is 165 Å². The van der Waals surface area contributed by atoms with Crippen LogP contribution in [0.4, 0.5) is 5.69 Å². The molecule has 0 spiro atoms. The molecule has 0 N–H and O–H groups in total. The van der Waals surface area contributed by atoms with Crippen LogP contribution in [0.3, 0.4) is 0 Å². The zero-order chi connectivity index (χ0) is 20.3. The molecule has 1 fully saturated rings. The van der Waals surface area contributed by atoms with Gasteiger partial charge < -0.3 is 19.1 Å². The molecule has 1 aliphatic carbocycles. The fourth-order valence-corrected chi connectivity index (χ4v) is 3.20. The highest BCUT2D eigenvalue weighted by atomic mass is 16.5. The van der Waals surface area contributed by atoms with Gasteiger partial charge in [-0.1, -0.05) is 6.92 Å². The Morgan fingerprint density at radius 2 is 1.89 bits per heavy atom. The van der Waals surface area contributed by atoms with Gasteiger partial charge >= 0.3 is 0 Å². The van der Waals surface area contributed by atoms with Gasteiger partial charge in [-0.3, -0.25) is 4.79 Å². The molecule has 0 unspecified atom stereocenters. The third kappa shape index (κ3) is 3.88. The number of carbonyl (C=O) groups is 1. The summed E-state index contributed by atoms with van der Waals surface area (Å²) in [4.78, 5) is 23.9. The van der Waals surface area contributed by atoms with Crippen LogP contribution in [0.5, 0.6) is 17.4 Å². The first-order chi connectivity index (χ1) is 13.5. The molecule has 2 aromatic rings. The van der Waals surface area contributed by atoms with E-state index < -0.39 is 0 Å². The van der Waals surface area contributed by atoms with Crippen molar-refractivity contribution in [2.75, 3.05) is 32.8 Å². The van der Waals surface area contributed by atoms with Gasteiger partial charge in [-0.15, -0.1) is 0 Å². The molecular weight excluding hydrogens is 358 g/mol. The van der Waals surface area contributed by atoms with Crippen LogP contribution in [0.1, 0.15) is 31.9 Å². The van der Waals surface area contributed by atoms with E-state index in [1.165, 1.54) is 0 Å². The van der Waals surface area contributed by atoms with E-state index in [2.05, 4.69) is 9.97 Å². The van der Waals surface area contributed by atoms with E-state index in [1.54, 1.807) is 32.3 Å². The first-order valence-corrected chi connectivity index (χ1v) is 9.50. The Kier molecular flexibility index (Phi) is 6.02. The molecule has 1 amide bonds. The normalized spacial score (nSPS) is 13.2. The number of aryl methyl sites for hydroxylation is 1. The molecule has 0 atom stereocenters. The Morgan fingerprint density at radius 3 is 2.46 bits per heavy atom. The highest BCUT2D eigenvalue weighted by molar-refractivity contribution is 5.98. The zero-order valence-corrected chi connectivity index (χ0v) is 17.1. The number of anilines is 1. The monoisotopic (exact) mass is 385 g/mol. The van der Waals surface area contributed by atoms with Crippen LogP contribution in [0, 0.1) is 12.8 Å². The molecular formula is C21H27N3O4. The molecule has 1 saturated carbocycles. The maximum atomic E-state index is 12.8. The number of carbonyl (C=O) groups excluding carboxylic acids is 1. The van der Waals surface area contributed by atoms with Crippen molar-refractivity contribution in [2.24, 2.45) is 5.92 Å². The van der Waals surface area contributed by atoms with Gasteiger partial charge in [0.15, 0.2) is 5.82 Å². The number of methoxy groups -OCH3 is 3. The van der Waals surface area contributed by atoms with Crippen LogP contribution in [-0.4, -0.2) is 43.7 Å². The summed E-state index contributed by atoms with van der Waals surface area (Å²) in [7, 11) is 4.76. The largest absolute Gasteiger partial charge is 0.497 e. The second-order valence-corrected chi connectivity index (χ2v) is 6.82. The molecule has 0 aliphatic heterocycles. The van der Waals surface area contributed by atoms with Crippen LogP contribution in [0.2, 0.25) is 0 Å². The molecule has 3 rings (SSSR count). The zero-order valence-electron chi connectivity index (χ0n) is 17.1. The van der Waals surface area contributed by atoms with Crippen molar-refractivity contribution in [3.05, 3.63) is 23.9 Å². The Balaban J connectivity index is 2.08. The maximum Gasteiger partial charge on any atom is 0.241 e. The lowest BCUT2D eigenvalue weighted by Crippen LogP contribution is -2.34. The molecule has 0 radical (unpaired) electrons. The quantitative estimate of drug-likeness (QED) is 0.691. The molecule has 1 aliphatic rings. The van der Waals surface area contributed by atoms with Gasteiger partial charge in [0.2, 0.25) is 11.8 Å². The summed E-state index contributed by atoms with van der Waals surface area (Å²) in [5, 5.41) is 0. The molecule has 28 heavy (non-hydrogen) atoms. The number of aromatic nitrogens is 2. The lowest BCUT2D eigenvalue weighted by molar-refractivity contribution is -0.119. The molecule has 1 aromatic carbocycles. The van der Waals surface area contributed by atoms with Crippen LogP contribution in [0.25, 0.3) is 11.4 Å². The molecule has 0 saturated heterocycles. The summed E-state index contributed by atoms with van der Waals surface area (Å²) in [5.74, 6) is 2.40. The molecule has 150 valence electrons. The highest BCUT2D eigenvalue weighted by Crippen LogP contribution is 2.39. The van der Waals surface area contributed by atoms with Gasteiger partial charge in [0, 0.05) is 18.5 Å². The second kappa shape index (κ2) is 8.46. The van der Waals surface area contributed by atoms with Crippen molar-refractivity contribution in [1.82, 2.24) is 9.97 Å². The van der Waals surface area contributed by atoms with E-state index in [4.69, 9.17) is 14.2 Å². The van der Waals surface area contributed by atoms with E-state index in [0.717, 1.165) is 24.8 Å². The van der Waals surface area contributed by atoms with E-state index in [0.29, 0.717) is 41.1 Å². The number of nitrogens with zero attached hydrogens (tertiary/aromatic N) is 3. The van der Waals surface area contributed by atoms with Crippen LogP contribution >= 0.6 is 0 Å². The third-order valence-corrected chi connectivity index (χ3v) is 4.78. The minimum atomic E-state index is 0.108. The number of hydrogen-bond donors (Lipinski definition) is 0. The van der Waals surface area contributed by atoms with Crippen molar-refractivity contribution in [3.63, 3.8) is 0 Å². The fourth-order valence-electron chi connectivity index (χ4n) is 3.20. The van der Waals surface area contributed by atoms with Crippen molar-refractivity contribution < 1.29 is 19.0 Å². The Hall–Kier alpha value is -2.83. The fraction of sp³-hybridized carbons (Fsp3) is 0.476. The molecule has 7 nitrogen and oxygen atoms in total. The molecule has 1 heterocycles. The molecule has 7 heteroatoms. The van der Waals surface area contributed by atoms with E-state index >= 15 is 0 Å². The van der Waals surface area contributed by atoms with Crippen molar-refractivity contribution >= 4 is 11.6 Å². The standard InChI is InChI=1S/C21H27N3O4/c1-6-11-24(21(25)14-7-8-14)18-13(2)22-19(23-20(18)28-5)16-10-9-15(26-3)12-17(16)27-4/h9-10,12,14H,6-8,11H2,1-5H3. The topological polar surface area (TPSA) is 73.8 Å². The van der Waals surface area contributed by atoms with Crippen LogP contribution < -0.4 is 19.1 Å². The lowest BCUT2D eigenvalue weighted by Gasteiger charge is -2.25. The smallest absolute Gasteiger partial charge is 0.241 e. The van der Waals surface area contributed by atoms with Gasteiger partial charge in [0.05, 0.1) is 32.6 Å². The summed E-state index contributed by atoms with van der Waals surface area (Å²) in [6, 6.07) is 5.47. The average molecular weight is 385 g/mol. The first kappa shape index (κ1) is 19.9. The van der Waals surface area contributed by atoms with Crippen LogP contribution in [0.15, 0.2) is 18.2 Å². The number of amides is 1. The van der Waals surface area contributed by atoms with Crippen molar-refractivity contribution in [2.45, 2.75) is 33.1 Å². The van der Waals surface area contributed by atoms with Gasteiger partial charge in [-0.25, -0.2) is 4.98 Å². The van der Waals surface area contributed by atoms with Crippen LogP contribution in [-0.2, 0) is 4.79 Å². The summed E-state index contributed by atoms with van der Waals surface area (Å²) in [6.45, 7) is 4.54. The summed E-state index contributed by atoms with van der Waals surface area (Å²) in [5.41, 5.74) is 2.08. The number of benzene rings is 1. The predicted octanol–water partition coefficient (Wildman–Crippen LogP) is 3.63. The van der Waals surface area contributed by atoms with Gasteiger partial charge in [-0.2, -0.15) is 4.98 Å². The molecule has 1 aromatic heterocycles. The maximum absolute atomic E-state index is 12.8. The minimum absolute atomic E-state index is 0.108. The first-order valence-electron chi connectivity index (χ1n) is 9.50. The summed E-state index contributed by atoms with van der Waals surface area (Å²) < 4.78 is 16.3. The number of rotatable bonds is 8. The van der Waals surface area contributed by atoms with Gasteiger partial charge in [0.25, 0.3) is 0 Å². The van der Waals surface area contributed by atoms with Crippen molar-refractivity contribution in [3.8, 4) is 28.8 Å². The highest BCUT2D eigenvalue weighted by Gasteiger charge is 2.36. The number of ether oxygens (including phenoxy) is 3. The Morgan fingerprint density at radius 1 is 1.14 bits per heavy atom. The SMILES string of the molecule is CCCN(C(=O)C1CC1)c1c(C)nc(-c2ccc(OC)cc2OC)nc1OC. The predicted molar refractivity (Wildman–Crippen MR) is 107 cm³/mol. The lowest BCUT2D eigenvalue weighted by atomic mass is 10.1. The third-order valence-electron chi connectivity index (χ3n) is 4.78. The number of hydrogen-bond acceptors (Lipinski definition) is 6. The Bertz CT molecular complexity index is 865.